The lowest BCUT2D eigenvalue weighted by atomic mass is 10.3. The van der Waals surface area contributed by atoms with Crippen LogP contribution in [0.5, 0.6) is 0 Å². The summed E-state index contributed by atoms with van der Waals surface area (Å²) in [6.07, 6.45) is 0.715. The van der Waals surface area contributed by atoms with E-state index in [2.05, 4.69) is 19.8 Å². The van der Waals surface area contributed by atoms with Gasteiger partial charge in [-0.2, -0.15) is 0 Å². The summed E-state index contributed by atoms with van der Waals surface area (Å²) in [4.78, 5) is 28.0. The highest BCUT2D eigenvalue weighted by atomic mass is 32.1. The third-order valence-corrected chi connectivity index (χ3v) is 4.39. The summed E-state index contributed by atoms with van der Waals surface area (Å²) in [5.41, 5.74) is 0.757. The number of hydrogen-bond donors (Lipinski definition) is 1. The minimum Gasteiger partial charge on any atom is -0.350 e. The zero-order valence-electron chi connectivity index (χ0n) is 12.5. The molecule has 1 aromatic heterocycles. The fourth-order valence-corrected chi connectivity index (χ4v) is 2.97. The van der Waals surface area contributed by atoms with Crippen molar-refractivity contribution in [3.05, 3.63) is 10.6 Å². The summed E-state index contributed by atoms with van der Waals surface area (Å²) in [7, 11) is 0. The molecule has 7 nitrogen and oxygen atoms in total. The van der Waals surface area contributed by atoms with Crippen LogP contribution in [0.2, 0.25) is 0 Å². The molecule has 0 aliphatic carbocycles. The van der Waals surface area contributed by atoms with Crippen LogP contribution in [-0.2, 0) is 11.2 Å². The lowest BCUT2D eigenvalue weighted by Crippen LogP contribution is -2.49. The Labute approximate surface area is 128 Å². The van der Waals surface area contributed by atoms with Crippen molar-refractivity contribution in [1.29, 1.82) is 0 Å². The predicted molar refractivity (Wildman–Crippen MR) is 80.3 cm³/mol. The summed E-state index contributed by atoms with van der Waals surface area (Å²) in [6.45, 7) is 8.21. The molecule has 1 aliphatic rings. The van der Waals surface area contributed by atoms with Crippen molar-refractivity contribution in [2.45, 2.75) is 20.3 Å². The average molecular weight is 311 g/mol. The maximum absolute atomic E-state index is 12.0. The van der Waals surface area contributed by atoms with Crippen LogP contribution in [0.1, 0.15) is 29.2 Å². The predicted octanol–water partition coefficient (Wildman–Crippen LogP) is -0.00560. The zero-order chi connectivity index (χ0) is 15.2. The number of carbonyl (C=O) groups is 2. The van der Waals surface area contributed by atoms with Crippen LogP contribution in [0.3, 0.4) is 0 Å². The van der Waals surface area contributed by atoms with Gasteiger partial charge in [0.2, 0.25) is 5.91 Å². The number of hydrogen-bond acceptors (Lipinski definition) is 6. The molecule has 8 heteroatoms. The Balaban J connectivity index is 1.70. The molecular formula is C13H21N5O2S. The molecule has 1 saturated heterocycles. The lowest BCUT2D eigenvalue weighted by molar-refractivity contribution is -0.130. The highest BCUT2D eigenvalue weighted by Gasteiger charge is 2.19. The van der Waals surface area contributed by atoms with Gasteiger partial charge in [-0.1, -0.05) is 11.4 Å². The summed E-state index contributed by atoms with van der Waals surface area (Å²) in [6, 6.07) is 0. The highest BCUT2D eigenvalue weighted by molar-refractivity contribution is 7.08. The van der Waals surface area contributed by atoms with Gasteiger partial charge in [0.15, 0.2) is 0 Å². The van der Waals surface area contributed by atoms with Gasteiger partial charge < -0.3 is 10.2 Å². The maximum Gasteiger partial charge on any atom is 0.264 e. The molecule has 2 rings (SSSR count). The van der Waals surface area contributed by atoms with Crippen molar-refractivity contribution in [2.75, 3.05) is 39.3 Å². The van der Waals surface area contributed by atoms with Crippen LogP contribution in [-0.4, -0.2) is 70.5 Å². The number of carbonyl (C=O) groups excluding carboxylic acids is 2. The van der Waals surface area contributed by atoms with Gasteiger partial charge in [-0.05, 0) is 18.0 Å². The Hall–Kier alpha value is -1.54. The van der Waals surface area contributed by atoms with E-state index in [9.17, 15) is 9.59 Å². The molecular weight excluding hydrogens is 290 g/mol. The molecule has 0 unspecified atom stereocenters. The first kappa shape index (κ1) is 15.8. The first-order chi connectivity index (χ1) is 10.1. The van der Waals surface area contributed by atoms with Crippen LogP contribution in [0, 0.1) is 0 Å². The number of piperazine rings is 1. The molecule has 1 aromatic rings. The van der Waals surface area contributed by atoms with E-state index in [1.54, 1.807) is 6.92 Å². The van der Waals surface area contributed by atoms with E-state index in [0.717, 1.165) is 50.0 Å². The SMILES string of the molecule is CCc1nnsc1C(=O)NCCN1CCN(C(C)=O)CC1. The third-order valence-electron chi connectivity index (χ3n) is 3.63. The molecule has 0 radical (unpaired) electrons. The first-order valence-electron chi connectivity index (χ1n) is 7.19. The molecule has 0 atom stereocenters. The van der Waals surface area contributed by atoms with Crippen molar-refractivity contribution in [3.8, 4) is 0 Å². The largest absolute Gasteiger partial charge is 0.350 e. The van der Waals surface area contributed by atoms with Crippen molar-refractivity contribution >= 4 is 23.3 Å². The summed E-state index contributed by atoms with van der Waals surface area (Å²) in [5, 5.41) is 6.85. The standard InChI is InChI=1S/C13H21N5O2S/c1-3-11-12(21-16-15-11)13(20)14-4-5-17-6-8-18(9-7-17)10(2)19/h3-9H2,1-2H3,(H,14,20). The maximum atomic E-state index is 12.0. The summed E-state index contributed by atoms with van der Waals surface area (Å²) in [5.74, 6) is 0.0389. The highest BCUT2D eigenvalue weighted by Crippen LogP contribution is 2.10. The average Bonchev–Trinajstić information content (AvgIpc) is 2.96. The topological polar surface area (TPSA) is 78.4 Å². The number of amides is 2. The van der Waals surface area contributed by atoms with Crippen molar-refractivity contribution < 1.29 is 9.59 Å². The smallest absolute Gasteiger partial charge is 0.264 e. The quantitative estimate of drug-likeness (QED) is 0.828. The second-order valence-corrected chi connectivity index (χ2v) is 5.76. The van der Waals surface area contributed by atoms with Gasteiger partial charge >= 0.3 is 0 Å². The number of aryl methyl sites for hydroxylation is 1. The van der Waals surface area contributed by atoms with Crippen LogP contribution >= 0.6 is 11.5 Å². The Morgan fingerprint density at radius 2 is 2.00 bits per heavy atom. The van der Waals surface area contributed by atoms with Crippen LogP contribution < -0.4 is 5.32 Å². The Kier molecular flexibility index (Phi) is 5.63. The van der Waals surface area contributed by atoms with Gasteiger partial charge in [0.25, 0.3) is 5.91 Å². The van der Waals surface area contributed by atoms with E-state index in [1.165, 1.54) is 0 Å². The van der Waals surface area contributed by atoms with Gasteiger partial charge in [0.1, 0.15) is 4.88 Å². The van der Waals surface area contributed by atoms with Crippen LogP contribution in [0.15, 0.2) is 0 Å². The van der Waals surface area contributed by atoms with E-state index >= 15 is 0 Å². The summed E-state index contributed by atoms with van der Waals surface area (Å²) < 4.78 is 3.82. The van der Waals surface area contributed by atoms with Crippen molar-refractivity contribution in [1.82, 2.24) is 24.7 Å². The van der Waals surface area contributed by atoms with Crippen molar-refractivity contribution in [3.63, 3.8) is 0 Å². The van der Waals surface area contributed by atoms with E-state index < -0.39 is 0 Å². The van der Waals surface area contributed by atoms with Gasteiger partial charge in [-0.3, -0.25) is 14.5 Å². The minimum atomic E-state index is -0.0933. The van der Waals surface area contributed by atoms with E-state index in [0.29, 0.717) is 17.8 Å². The Morgan fingerprint density at radius 3 is 2.62 bits per heavy atom. The second-order valence-electron chi connectivity index (χ2n) is 5.01. The van der Waals surface area contributed by atoms with E-state index in [4.69, 9.17) is 0 Å². The molecule has 21 heavy (non-hydrogen) atoms. The number of nitrogens with one attached hydrogen (secondary N) is 1. The molecule has 2 heterocycles. The molecule has 2 amide bonds. The van der Waals surface area contributed by atoms with Crippen molar-refractivity contribution in [2.24, 2.45) is 0 Å². The molecule has 0 saturated carbocycles. The molecule has 0 aromatic carbocycles. The Morgan fingerprint density at radius 1 is 1.29 bits per heavy atom. The van der Waals surface area contributed by atoms with E-state index in [1.807, 2.05) is 11.8 Å². The molecule has 116 valence electrons. The second kappa shape index (κ2) is 7.46. The minimum absolute atomic E-state index is 0.0933. The molecule has 0 spiro atoms. The molecule has 0 bridgehead atoms. The fourth-order valence-electron chi connectivity index (χ4n) is 2.31. The van der Waals surface area contributed by atoms with Crippen LogP contribution in [0.4, 0.5) is 0 Å². The van der Waals surface area contributed by atoms with E-state index in [-0.39, 0.29) is 11.8 Å². The first-order valence-corrected chi connectivity index (χ1v) is 7.96. The molecule has 1 fully saturated rings. The number of aromatic nitrogens is 2. The molecule has 1 aliphatic heterocycles. The summed E-state index contributed by atoms with van der Waals surface area (Å²) >= 11 is 1.14. The van der Waals surface area contributed by atoms with Gasteiger partial charge in [0, 0.05) is 46.2 Å². The lowest BCUT2D eigenvalue weighted by Gasteiger charge is -2.34. The zero-order valence-corrected chi connectivity index (χ0v) is 13.3. The van der Waals surface area contributed by atoms with Gasteiger partial charge in [0.05, 0.1) is 5.69 Å². The van der Waals surface area contributed by atoms with Gasteiger partial charge in [-0.25, -0.2) is 0 Å². The van der Waals surface area contributed by atoms with Gasteiger partial charge in [-0.15, -0.1) is 5.10 Å². The number of nitrogens with zero attached hydrogens (tertiary/aromatic N) is 4. The molecule has 1 N–H and O–H groups in total. The number of rotatable bonds is 5. The monoisotopic (exact) mass is 311 g/mol. The Bertz CT molecular complexity index is 497. The third kappa shape index (κ3) is 4.21. The fraction of sp³-hybridized carbons (Fsp3) is 0.692. The van der Waals surface area contributed by atoms with Crippen LogP contribution in [0.25, 0.3) is 0 Å². The normalized spacial score (nSPS) is 16.0.